The highest BCUT2D eigenvalue weighted by atomic mass is 16.4. The van der Waals surface area contributed by atoms with E-state index in [9.17, 15) is 9.59 Å². The summed E-state index contributed by atoms with van der Waals surface area (Å²) in [6.07, 6.45) is 1.86. The second-order valence-electron chi connectivity index (χ2n) is 4.02. The van der Waals surface area contributed by atoms with Crippen molar-refractivity contribution >= 4 is 17.6 Å². The van der Waals surface area contributed by atoms with Gasteiger partial charge in [0.15, 0.2) is 5.84 Å². The van der Waals surface area contributed by atoms with E-state index in [0.717, 1.165) is 6.42 Å². The average Bonchev–Trinajstić information content (AvgIpc) is 2.15. The largest absolute Gasteiger partial charge is 0.409 e. The van der Waals surface area contributed by atoms with Crippen LogP contribution in [0.2, 0.25) is 0 Å². The number of carbonyl (C=O) groups excluding carboxylic acids is 2. The van der Waals surface area contributed by atoms with Crippen LogP contribution in [0.25, 0.3) is 0 Å². The van der Waals surface area contributed by atoms with Gasteiger partial charge in [-0.25, -0.2) is 0 Å². The van der Waals surface area contributed by atoms with Gasteiger partial charge in [-0.05, 0) is 19.8 Å². The first kappa shape index (κ1) is 12.3. The molecule has 0 spiro atoms. The van der Waals surface area contributed by atoms with Crippen LogP contribution in [0.15, 0.2) is 5.16 Å². The fraction of sp³-hybridized carbons (Fsp3) is 0.667. The first-order valence-corrected chi connectivity index (χ1v) is 5.02. The molecule has 7 nitrogen and oxygen atoms in total. The number of oxime groups is 1. The van der Waals surface area contributed by atoms with Crippen molar-refractivity contribution < 1.29 is 14.8 Å². The Balaban J connectivity index is 2.75. The molecular formula is C9H16N4O3. The van der Waals surface area contributed by atoms with E-state index in [-0.39, 0.29) is 5.84 Å². The number of amidine groups is 1. The van der Waals surface area contributed by atoms with E-state index in [0.29, 0.717) is 12.8 Å². The Morgan fingerprint density at radius 2 is 2.00 bits per heavy atom. The van der Waals surface area contributed by atoms with Crippen LogP contribution in [0.5, 0.6) is 0 Å². The second-order valence-corrected chi connectivity index (χ2v) is 4.02. The maximum absolute atomic E-state index is 11.9. The van der Waals surface area contributed by atoms with Crippen LogP contribution in [-0.2, 0) is 9.59 Å². The third-order valence-electron chi connectivity index (χ3n) is 3.01. The monoisotopic (exact) mass is 228 g/mol. The lowest BCUT2D eigenvalue weighted by molar-refractivity contribution is -0.134. The van der Waals surface area contributed by atoms with Gasteiger partial charge < -0.3 is 22.0 Å². The summed E-state index contributed by atoms with van der Waals surface area (Å²) < 4.78 is 0. The maximum Gasteiger partial charge on any atom is 0.239 e. The smallest absolute Gasteiger partial charge is 0.239 e. The highest BCUT2D eigenvalue weighted by Gasteiger charge is 2.48. The summed E-state index contributed by atoms with van der Waals surface area (Å²) in [6.45, 7) is 1.48. The topological polar surface area (TPSA) is 131 Å². The molecule has 1 aliphatic carbocycles. The number of carbonyl (C=O) groups is 2. The number of hydrogen-bond acceptors (Lipinski definition) is 4. The Kier molecular flexibility index (Phi) is 3.36. The molecule has 7 heteroatoms. The molecular weight excluding hydrogens is 212 g/mol. The molecule has 1 rings (SSSR count). The summed E-state index contributed by atoms with van der Waals surface area (Å²) in [5.74, 6) is -1.16. The van der Waals surface area contributed by atoms with Gasteiger partial charge in [-0.15, -0.1) is 0 Å². The van der Waals surface area contributed by atoms with Crippen LogP contribution in [0, 0.1) is 5.41 Å². The number of nitrogens with zero attached hydrogens (tertiary/aromatic N) is 1. The molecule has 1 aliphatic rings. The van der Waals surface area contributed by atoms with E-state index in [1.54, 1.807) is 0 Å². The number of amides is 2. The van der Waals surface area contributed by atoms with Crippen LogP contribution < -0.4 is 16.8 Å². The fourth-order valence-corrected chi connectivity index (χ4v) is 1.63. The quantitative estimate of drug-likeness (QED) is 0.210. The third-order valence-corrected chi connectivity index (χ3v) is 3.01. The minimum atomic E-state index is -0.974. The normalized spacial score (nSPS) is 20.7. The van der Waals surface area contributed by atoms with E-state index in [4.69, 9.17) is 16.7 Å². The van der Waals surface area contributed by atoms with E-state index in [2.05, 4.69) is 10.5 Å². The van der Waals surface area contributed by atoms with Crippen molar-refractivity contribution in [1.29, 1.82) is 0 Å². The number of hydrogen-bond donors (Lipinski definition) is 4. The minimum absolute atomic E-state index is 0.118. The van der Waals surface area contributed by atoms with Crippen molar-refractivity contribution in [3.63, 3.8) is 0 Å². The van der Waals surface area contributed by atoms with Gasteiger partial charge in [-0.3, -0.25) is 9.59 Å². The summed E-state index contributed by atoms with van der Waals surface area (Å²) in [7, 11) is 0. The van der Waals surface area contributed by atoms with Crippen molar-refractivity contribution in [2.75, 3.05) is 0 Å². The average molecular weight is 228 g/mol. The molecule has 1 atom stereocenters. The van der Waals surface area contributed by atoms with E-state index in [1.165, 1.54) is 6.92 Å². The molecule has 16 heavy (non-hydrogen) atoms. The van der Waals surface area contributed by atoms with Gasteiger partial charge in [-0.1, -0.05) is 11.6 Å². The molecule has 0 saturated heterocycles. The van der Waals surface area contributed by atoms with Crippen LogP contribution in [0.1, 0.15) is 26.2 Å². The van der Waals surface area contributed by atoms with Crippen LogP contribution in [0.3, 0.4) is 0 Å². The first-order valence-electron chi connectivity index (χ1n) is 5.02. The first-order chi connectivity index (χ1) is 7.44. The Hall–Kier alpha value is -1.79. The molecule has 0 aromatic heterocycles. The summed E-state index contributed by atoms with van der Waals surface area (Å²) >= 11 is 0. The Bertz CT molecular complexity index is 336. The predicted molar refractivity (Wildman–Crippen MR) is 56.5 cm³/mol. The molecule has 0 aliphatic heterocycles. The number of rotatable bonds is 4. The Morgan fingerprint density at radius 1 is 1.44 bits per heavy atom. The van der Waals surface area contributed by atoms with Gasteiger partial charge in [0.1, 0.15) is 11.5 Å². The number of primary amides is 1. The van der Waals surface area contributed by atoms with Crippen molar-refractivity contribution in [3.05, 3.63) is 0 Å². The number of nitrogens with one attached hydrogen (secondary N) is 1. The second kappa shape index (κ2) is 4.38. The lowest BCUT2D eigenvalue weighted by Crippen LogP contribution is -2.57. The molecule has 0 radical (unpaired) electrons. The van der Waals surface area contributed by atoms with Crippen molar-refractivity contribution in [2.24, 2.45) is 22.0 Å². The zero-order valence-electron chi connectivity index (χ0n) is 9.06. The molecule has 0 bridgehead atoms. The molecule has 0 heterocycles. The highest BCUT2D eigenvalue weighted by Crippen LogP contribution is 2.41. The van der Waals surface area contributed by atoms with E-state index in [1.807, 2.05) is 0 Å². The number of nitrogens with two attached hydrogens (primary N) is 2. The Labute approximate surface area is 92.8 Å². The van der Waals surface area contributed by atoms with Crippen molar-refractivity contribution in [2.45, 2.75) is 32.2 Å². The highest BCUT2D eigenvalue weighted by molar-refractivity contribution is 6.08. The standard InChI is InChI=1S/C9H16N4O3/c1-5(6(10)14)12-8(15)9(3-2-4-9)7(11)13-16/h5,16H,2-4H2,1H3,(H2,10,14)(H2,11,13)(H,12,15). The zero-order valence-corrected chi connectivity index (χ0v) is 9.06. The lowest BCUT2D eigenvalue weighted by atomic mass is 9.67. The summed E-state index contributed by atoms with van der Waals surface area (Å²) in [5.41, 5.74) is 9.55. The SMILES string of the molecule is CC(NC(=O)C1(C(N)=NO)CCC1)C(N)=O. The minimum Gasteiger partial charge on any atom is -0.409 e. The molecule has 0 aromatic rings. The lowest BCUT2D eigenvalue weighted by Gasteiger charge is -2.39. The van der Waals surface area contributed by atoms with Crippen LogP contribution in [-0.4, -0.2) is 28.9 Å². The van der Waals surface area contributed by atoms with Crippen molar-refractivity contribution in [1.82, 2.24) is 5.32 Å². The summed E-state index contributed by atoms with van der Waals surface area (Å²) in [5, 5.41) is 13.9. The van der Waals surface area contributed by atoms with Gasteiger partial charge in [0, 0.05) is 0 Å². The Morgan fingerprint density at radius 3 is 2.31 bits per heavy atom. The van der Waals surface area contributed by atoms with Gasteiger partial charge >= 0.3 is 0 Å². The van der Waals surface area contributed by atoms with Gasteiger partial charge in [0.2, 0.25) is 11.8 Å². The zero-order chi connectivity index (χ0) is 12.3. The molecule has 1 fully saturated rings. The summed E-state index contributed by atoms with van der Waals surface area (Å²) in [6, 6.07) is -0.767. The molecule has 2 amide bonds. The molecule has 90 valence electrons. The fourth-order valence-electron chi connectivity index (χ4n) is 1.63. The van der Waals surface area contributed by atoms with Gasteiger partial charge in [-0.2, -0.15) is 0 Å². The van der Waals surface area contributed by atoms with E-state index >= 15 is 0 Å². The third kappa shape index (κ3) is 1.93. The molecule has 1 saturated carbocycles. The molecule has 1 unspecified atom stereocenters. The van der Waals surface area contributed by atoms with E-state index < -0.39 is 23.3 Å². The predicted octanol–water partition coefficient (Wildman–Crippen LogP) is -1.11. The van der Waals surface area contributed by atoms with Crippen molar-refractivity contribution in [3.8, 4) is 0 Å². The maximum atomic E-state index is 11.9. The molecule has 0 aromatic carbocycles. The molecule has 6 N–H and O–H groups in total. The van der Waals surface area contributed by atoms with Crippen LogP contribution >= 0.6 is 0 Å². The van der Waals surface area contributed by atoms with Gasteiger partial charge in [0.25, 0.3) is 0 Å². The van der Waals surface area contributed by atoms with Gasteiger partial charge in [0.05, 0.1) is 0 Å². The van der Waals surface area contributed by atoms with Crippen LogP contribution in [0.4, 0.5) is 0 Å². The summed E-state index contributed by atoms with van der Waals surface area (Å²) in [4.78, 5) is 22.7.